The molecular weight excluding hydrogens is 268 g/mol. The Morgan fingerprint density at radius 1 is 1.25 bits per heavy atom. The molecule has 1 aromatic carbocycles. The Labute approximate surface area is 128 Å². The third-order valence-electron chi connectivity index (χ3n) is 3.41. The standard InChI is InChI=1S/C16H26N2OS/c1-11(2)18(12(3)4)8-9-19-14-6-7-15(16(17)20)13(5)10-14/h6-7,10-12H,8-9H2,1-5H3,(H2,17,20). The molecule has 0 spiro atoms. The Balaban J connectivity index is 2.58. The summed E-state index contributed by atoms with van der Waals surface area (Å²) in [5.74, 6) is 0.870. The van der Waals surface area contributed by atoms with Gasteiger partial charge in [0.1, 0.15) is 17.3 Å². The number of hydrogen-bond acceptors (Lipinski definition) is 3. The number of thiocarbonyl (C=S) groups is 1. The predicted molar refractivity (Wildman–Crippen MR) is 89.5 cm³/mol. The summed E-state index contributed by atoms with van der Waals surface area (Å²) >= 11 is 5.00. The van der Waals surface area contributed by atoms with Crippen LogP contribution in [0.5, 0.6) is 5.75 Å². The molecule has 1 rings (SSSR count). The summed E-state index contributed by atoms with van der Waals surface area (Å²) in [5.41, 5.74) is 7.63. The van der Waals surface area contributed by atoms with E-state index in [1.807, 2.05) is 25.1 Å². The zero-order chi connectivity index (χ0) is 15.3. The maximum atomic E-state index is 5.83. The first kappa shape index (κ1) is 16.9. The van der Waals surface area contributed by atoms with Crippen LogP contribution in [0.25, 0.3) is 0 Å². The van der Waals surface area contributed by atoms with Gasteiger partial charge in [0, 0.05) is 24.2 Å². The first-order chi connectivity index (χ1) is 9.32. The number of ether oxygens (including phenoxy) is 1. The molecule has 0 aliphatic carbocycles. The minimum atomic E-state index is 0.430. The van der Waals surface area contributed by atoms with Crippen LogP contribution in [0.1, 0.15) is 38.8 Å². The number of nitrogens with two attached hydrogens (primary N) is 1. The summed E-state index contributed by atoms with van der Waals surface area (Å²) in [6.07, 6.45) is 0. The highest BCUT2D eigenvalue weighted by Gasteiger charge is 2.13. The van der Waals surface area contributed by atoms with E-state index in [0.29, 0.717) is 23.7 Å². The fourth-order valence-corrected chi connectivity index (χ4v) is 2.61. The van der Waals surface area contributed by atoms with Crippen molar-refractivity contribution < 1.29 is 4.74 Å². The van der Waals surface area contributed by atoms with Gasteiger partial charge >= 0.3 is 0 Å². The summed E-state index contributed by atoms with van der Waals surface area (Å²) in [6.45, 7) is 12.4. The zero-order valence-corrected chi connectivity index (χ0v) is 14.0. The molecular formula is C16H26N2OS. The lowest BCUT2D eigenvalue weighted by Crippen LogP contribution is -2.39. The molecule has 0 aliphatic rings. The summed E-state index contributed by atoms with van der Waals surface area (Å²) in [7, 11) is 0. The van der Waals surface area contributed by atoms with Crippen molar-refractivity contribution in [3.8, 4) is 5.75 Å². The fourth-order valence-electron chi connectivity index (χ4n) is 2.38. The van der Waals surface area contributed by atoms with E-state index in [0.717, 1.165) is 23.4 Å². The van der Waals surface area contributed by atoms with Crippen LogP contribution >= 0.6 is 12.2 Å². The van der Waals surface area contributed by atoms with Crippen molar-refractivity contribution in [3.63, 3.8) is 0 Å². The van der Waals surface area contributed by atoms with Gasteiger partial charge in [0.2, 0.25) is 0 Å². The van der Waals surface area contributed by atoms with Gasteiger partial charge in [-0.25, -0.2) is 0 Å². The average molecular weight is 294 g/mol. The van der Waals surface area contributed by atoms with E-state index < -0.39 is 0 Å². The van der Waals surface area contributed by atoms with Crippen LogP contribution in [0.3, 0.4) is 0 Å². The third kappa shape index (κ3) is 4.76. The molecule has 112 valence electrons. The molecule has 3 nitrogen and oxygen atoms in total. The van der Waals surface area contributed by atoms with Crippen molar-refractivity contribution in [2.75, 3.05) is 13.2 Å². The van der Waals surface area contributed by atoms with E-state index in [2.05, 4.69) is 32.6 Å². The van der Waals surface area contributed by atoms with Gasteiger partial charge in [0.15, 0.2) is 0 Å². The van der Waals surface area contributed by atoms with Gasteiger partial charge in [0.25, 0.3) is 0 Å². The number of hydrogen-bond donors (Lipinski definition) is 1. The molecule has 0 saturated heterocycles. The third-order valence-corrected chi connectivity index (χ3v) is 3.63. The van der Waals surface area contributed by atoms with E-state index in [-0.39, 0.29) is 0 Å². The van der Waals surface area contributed by atoms with E-state index in [1.165, 1.54) is 0 Å². The van der Waals surface area contributed by atoms with Crippen LogP contribution in [0.2, 0.25) is 0 Å². The van der Waals surface area contributed by atoms with Gasteiger partial charge in [-0.15, -0.1) is 0 Å². The first-order valence-corrected chi connectivity index (χ1v) is 7.52. The average Bonchev–Trinajstić information content (AvgIpc) is 2.33. The predicted octanol–water partition coefficient (Wildman–Crippen LogP) is 3.13. The maximum absolute atomic E-state index is 5.83. The molecule has 0 fully saturated rings. The summed E-state index contributed by atoms with van der Waals surface area (Å²) in [4.78, 5) is 2.84. The number of benzene rings is 1. The van der Waals surface area contributed by atoms with Crippen LogP contribution < -0.4 is 10.5 Å². The van der Waals surface area contributed by atoms with Crippen molar-refractivity contribution in [1.82, 2.24) is 4.90 Å². The monoisotopic (exact) mass is 294 g/mol. The highest BCUT2D eigenvalue weighted by atomic mass is 32.1. The van der Waals surface area contributed by atoms with Gasteiger partial charge in [-0.3, -0.25) is 4.90 Å². The van der Waals surface area contributed by atoms with Gasteiger partial charge in [-0.1, -0.05) is 12.2 Å². The molecule has 20 heavy (non-hydrogen) atoms. The van der Waals surface area contributed by atoms with Crippen LogP contribution in [-0.4, -0.2) is 35.1 Å². The molecule has 0 atom stereocenters. The maximum Gasteiger partial charge on any atom is 0.119 e. The van der Waals surface area contributed by atoms with Crippen molar-refractivity contribution in [2.45, 2.75) is 46.7 Å². The fraction of sp³-hybridized carbons (Fsp3) is 0.562. The van der Waals surface area contributed by atoms with Gasteiger partial charge in [0.05, 0.1) is 0 Å². The Morgan fingerprint density at radius 3 is 2.30 bits per heavy atom. The second-order valence-electron chi connectivity index (χ2n) is 5.61. The molecule has 0 bridgehead atoms. The second kappa shape index (κ2) is 7.60. The van der Waals surface area contributed by atoms with Crippen LogP contribution in [-0.2, 0) is 0 Å². The van der Waals surface area contributed by atoms with Crippen molar-refractivity contribution >= 4 is 17.2 Å². The van der Waals surface area contributed by atoms with E-state index in [4.69, 9.17) is 22.7 Å². The van der Waals surface area contributed by atoms with Gasteiger partial charge < -0.3 is 10.5 Å². The quantitative estimate of drug-likeness (QED) is 0.784. The Kier molecular flexibility index (Phi) is 6.43. The molecule has 0 aliphatic heterocycles. The SMILES string of the molecule is Cc1cc(OCCN(C(C)C)C(C)C)ccc1C(N)=S. The van der Waals surface area contributed by atoms with Crippen LogP contribution in [0.4, 0.5) is 0 Å². The summed E-state index contributed by atoms with van der Waals surface area (Å²) in [6, 6.07) is 6.89. The molecule has 0 aromatic heterocycles. The molecule has 4 heteroatoms. The number of aryl methyl sites for hydroxylation is 1. The van der Waals surface area contributed by atoms with Crippen molar-refractivity contribution in [3.05, 3.63) is 29.3 Å². The number of rotatable bonds is 7. The van der Waals surface area contributed by atoms with E-state index >= 15 is 0 Å². The lowest BCUT2D eigenvalue weighted by atomic mass is 10.1. The lowest BCUT2D eigenvalue weighted by Gasteiger charge is -2.30. The summed E-state index contributed by atoms with van der Waals surface area (Å²) < 4.78 is 5.83. The Bertz CT molecular complexity index is 450. The second-order valence-corrected chi connectivity index (χ2v) is 6.05. The van der Waals surface area contributed by atoms with E-state index in [1.54, 1.807) is 0 Å². The molecule has 2 N–H and O–H groups in total. The Hall–Kier alpha value is -1.13. The molecule has 1 aromatic rings. The highest BCUT2D eigenvalue weighted by Crippen LogP contribution is 2.17. The topological polar surface area (TPSA) is 38.5 Å². The van der Waals surface area contributed by atoms with Crippen LogP contribution in [0.15, 0.2) is 18.2 Å². The molecule has 0 heterocycles. The largest absolute Gasteiger partial charge is 0.492 e. The first-order valence-electron chi connectivity index (χ1n) is 7.12. The zero-order valence-electron chi connectivity index (χ0n) is 13.1. The lowest BCUT2D eigenvalue weighted by molar-refractivity contribution is 0.142. The normalized spacial score (nSPS) is 11.4. The molecule has 0 unspecified atom stereocenters. The minimum Gasteiger partial charge on any atom is -0.492 e. The highest BCUT2D eigenvalue weighted by molar-refractivity contribution is 7.80. The Morgan fingerprint density at radius 2 is 1.85 bits per heavy atom. The molecule has 0 amide bonds. The smallest absolute Gasteiger partial charge is 0.119 e. The van der Waals surface area contributed by atoms with Crippen LogP contribution in [0, 0.1) is 6.92 Å². The van der Waals surface area contributed by atoms with Gasteiger partial charge in [-0.05, 0) is 58.4 Å². The summed E-state index contributed by atoms with van der Waals surface area (Å²) in [5, 5.41) is 0. The number of nitrogens with zero attached hydrogens (tertiary/aromatic N) is 1. The molecule has 0 saturated carbocycles. The molecule has 0 radical (unpaired) electrons. The minimum absolute atomic E-state index is 0.430. The van der Waals surface area contributed by atoms with Crippen molar-refractivity contribution in [2.24, 2.45) is 5.73 Å². The van der Waals surface area contributed by atoms with E-state index in [9.17, 15) is 0 Å². The van der Waals surface area contributed by atoms with Gasteiger partial charge in [-0.2, -0.15) is 0 Å². The van der Waals surface area contributed by atoms with Crippen molar-refractivity contribution in [1.29, 1.82) is 0 Å².